The van der Waals surface area contributed by atoms with Crippen LogP contribution in [0.25, 0.3) is 0 Å². The first kappa shape index (κ1) is 12.6. The maximum atomic E-state index is 11.9. The lowest BCUT2D eigenvalue weighted by Gasteiger charge is -2.08. The number of nitrogens with two attached hydrogens (primary N) is 1. The van der Waals surface area contributed by atoms with Crippen molar-refractivity contribution in [1.82, 2.24) is 9.55 Å². The van der Waals surface area contributed by atoms with Gasteiger partial charge >= 0.3 is 0 Å². The Morgan fingerprint density at radius 1 is 1.44 bits per heavy atom. The molecule has 1 aromatic heterocycles. The lowest BCUT2D eigenvalue weighted by atomic mass is 10.2. The van der Waals surface area contributed by atoms with Crippen LogP contribution in [0.5, 0.6) is 0 Å². The fraction of sp³-hybridized carbons (Fsp3) is 0.167. The van der Waals surface area contributed by atoms with Crippen LogP contribution in [0.2, 0.25) is 0 Å². The van der Waals surface area contributed by atoms with Crippen molar-refractivity contribution in [2.24, 2.45) is 7.05 Å². The molecule has 1 aromatic carbocycles. The first-order valence-electron chi connectivity index (χ1n) is 5.33. The van der Waals surface area contributed by atoms with Crippen LogP contribution in [0.1, 0.15) is 5.56 Å². The minimum atomic E-state index is -0.197. The summed E-state index contributed by atoms with van der Waals surface area (Å²) in [4.78, 5) is 16.0. The smallest absolute Gasteiger partial charge is 0.293 e. The van der Waals surface area contributed by atoms with Gasteiger partial charge < -0.3 is 15.6 Å². The lowest BCUT2D eigenvalue weighted by molar-refractivity contribution is 0.837. The van der Waals surface area contributed by atoms with Crippen molar-refractivity contribution >= 4 is 33.1 Å². The van der Waals surface area contributed by atoms with E-state index in [4.69, 9.17) is 5.73 Å². The largest absolute Gasteiger partial charge is 0.398 e. The molecule has 94 valence electrons. The molecule has 1 heterocycles. The molecule has 0 atom stereocenters. The van der Waals surface area contributed by atoms with Crippen molar-refractivity contribution in [1.29, 1.82) is 0 Å². The van der Waals surface area contributed by atoms with Crippen LogP contribution in [-0.4, -0.2) is 9.55 Å². The van der Waals surface area contributed by atoms with Crippen molar-refractivity contribution in [2.45, 2.75) is 6.92 Å². The van der Waals surface area contributed by atoms with Gasteiger partial charge in [-0.25, -0.2) is 4.98 Å². The maximum absolute atomic E-state index is 11.9. The zero-order chi connectivity index (χ0) is 13.3. The number of hydrogen-bond donors (Lipinski definition) is 2. The molecule has 2 aromatic rings. The molecule has 2 rings (SSSR count). The summed E-state index contributed by atoms with van der Waals surface area (Å²) in [5.74, 6) is 0.259. The fourth-order valence-corrected chi connectivity index (χ4v) is 1.99. The summed E-state index contributed by atoms with van der Waals surface area (Å²) in [6, 6.07) is 5.52. The third-order valence-corrected chi connectivity index (χ3v) is 2.97. The van der Waals surface area contributed by atoms with Crippen molar-refractivity contribution in [3.05, 3.63) is 44.9 Å². The molecule has 0 fully saturated rings. The van der Waals surface area contributed by atoms with Crippen LogP contribution in [0.15, 0.2) is 33.8 Å². The lowest BCUT2D eigenvalue weighted by Crippen LogP contribution is -2.21. The molecule has 0 aliphatic rings. The highest BCUT2D eigenvalue weighted by molar-refractivity contribution is 9.10. The van der Waals surface area contributed by atoms with Gasteiger partial charge in [0.15, 0.2) is 5.82 Å². The van der Waals surface area contributed by atoms with Crippen molar-refractivity contribution in [2.75, 3.05) is 11.1 Å². The molecule has 0 aliphatic carbocycles. The minimum Gasteiger partial charge on any atom is -0.398 e. The Morgan fingerprint density at radius 2 is 2.17 bits per heavy atom. The highest BCUT2D eigenvalue weighted by atomic mass is 79.9. The van der Waals surface area contributed by atoms with E-state index < -0.39 is 0 Å². The average Bonchev–Trinajstić information content (AvgIpc) is 2.30. The van der Waals surface area contributed by atoms with E-state index in [9.17, 15) is 4.79 Å². The van der Waals surface area contributed by atoms with Crippen molar-refractivity contribution < 1.29 is 0 Å². The van der Waals surface area contributed by atoms with Gasteiger partial charge in [0.2, 0.25) is 0 Å². The maximum Gasteiger partial charge on any atom is 0.293 e. The van der Waals surface area contributed by atoms with Gasteiger partial charge in [-0.1, -0.05) is 6.07 Å². The Labute approximate surface area is 113 Å². The number of anilines is 3. The van der Waals surface area contributed by atoms with Crippen LogP contribution in [0, 0.1) is 6.92 Å². The number of aromatic nitrogens is 2. The number of hydrogen-bond acceptors (Lipinski definition) is 4. The summed E-state index contributed by atoms with van der Waals surface area (Å²) in [6.45, 7) is 1.93. The fourth-order valence-electron chi connectivity index (χ4n) is 1.51. The summed E-state index contributed by atoms with van der Waals surface area (Å²) >= 11 is 3.25. The molecule has 0 aliphatic heterocycles. The second kappa shape index (κ2) is 4.81. The van der Waals surface area contributed by atoms with Gasteiger partial charge in [0.1, 0.15) is 4.60 Å². The highest BCUT2D eigenvalue weighted by Gasteiger charge is 2.06. The van der Waals surface area contributed by atoms with Gasteiger partial charge in [0.05, 0.1) is 0 Å². The quantitative estimate of drug-likeness (QED) is 0.834. The van der Waals surface area contributed by atoms with E-state index in [1.54, 1.807) is 19.3 Å². The average molecular weight is 309 g/mol. The molecule has 5 nitrogen and oxygen atoms in total. The monoisotopic (exact) mass is 308 g/mol. The predicted octanol–water partition coefficient (Wildman–Crippen LogP) is 2.18. The summed E-state index contributed by atoms with van der Waals surface area (Å²) in [7, 11) is 1.67. The number of nitrogens with zero attached hydrogens (tertiary/aromatic N) is 2. The normalized spacial score (nSPS) is 10.4. The van der Waals surface area contributed by atoms with E-state index in [1.165, 1.54) is 4.57 Å². The molecule has 0 amide bonds. The molecule has 0 bridgehead atoms. The first-order valence-corrected chi connectivity index (χ1v) is 6.13. The number of halogens is 1. The van der Waals surface area contributed by atoms with Crippen LogP contribution in [-0.2, 0) is 7.05 Å². The Morgan fingerprint density at radius 3 is 2.83 bits per heavy atom. The molecular weight excluding hydrogens is 296 g/mol. The van der Waals surface area contributed by atoms with Gasteiger partial charge in [-0.05, 0) is 40.5 Å². The molecule has 0 spiro atoms. The number of aryl methyl sites for hydroxylation is 2. The Balaban J connectivity index is 2.40. The van der Waals surface area contributed by atoms with E-state index in [0.29, 0.717) is 10.3 Å². The minimum absolute atomic E-state index is 0.197. The van der Waals surface area contributed by atoms with Gasteiger partial charge in [-0.15, -0.1) is 0 Å². The molecule has 18 heavy (non-hydrogen) atoms. The van der Waals surface area contributed by atoms with Gasteiger partial charge in [0.25, 0.3) is 5.56 Å². The number of nitrogen functional groups attached to an aromatic ring is 1. The van der Waals surface area contributed by atoms with E-state index in [1.807, 2.05) is 19.1 Å². The van der Waals surface area contributed by atoms with Crippen LogP contribution in [0.3, 0.4) is 0 Å². The summed E-state index contributed by atoms with van der Waals surface area (Å²) in [5.41, 5.74) is 8.03. The van der Waals surface area contributed by atoms with Crippen LogP contribution >= 0.6 is 15.9 Å². The van der Waals surface area contributed by atoms with E-state index >= 15 is 0 Å². The molecule has 6 heteroatoms. The van der Waals surface area contributed by atoms with Gasteiger partial charge in [0, 0.05) is 24.6 Å². The van der Waals surface area contributed by atoms with Gasteiger partial charge in [-0.3, -0.25) is 4.79 Å². The molecule has 0 radical (unpaired) electrons. The van der Waals surface area contributed by atoms with E-state index in [-0.39, 0.29) is 11.4 Å². The van der Waals surface area contributed by atoms with E-state index in [0.717, 1.165) is 11.3 Å². The Bertz CT molecular complexity index is 651. The molecule has 0 saturated carbocycles. The third kappa shape index (κ3) is 2.53. The molecule has 3 N–H and O–H groups in total. The van der Waals surface area contributed by atoms with Crippen LogP contribution in [0.4, 0.5) is 17.2 Å². The highest BCUT2D eigenvalue weighted by Crippen LogP contribution is 2.19. The first-order chi connectivity index (χ1) is 8.47. The number of nitrogens with one attached hydrogen (secondary N) is 1. The number of benzene rings is 1. The zero-order valence-corrected chi connectivity index (χ0v) is 11.7. The standard InChI is InChI=1S/C12H13BrN4O/c1-7-3-4-8(5-9(7)14)15-11-12(18)17(2)6-10(13)16-11/h3-6H,14H2,1-2H3,(H,15,16). The zero-order valence-electron chi connectivity index (χ0n) is 10.1. The molecule has 0 unspecified atom stereocenters. The summed E-state index contributed by atoms with van der Waals surface area (Å²) < 4.78 is 2.05. The second-order valence-corrected chi connectivity index (χ2v) is 4.84. The topological polar surface area (TPSA) is 72.9 Å². The Hall–Kier alpha value is -1.82. The van der Waals surface area contributed by atoms with E-state index in [2.05, 4.69) is 26.2 Å². The van der Waals surface area contributed by atoms with Crippen molar-refractivity contribution in [3.8, 4) is 0 Å². The summed E-state index contributed by atoms with van der Waals surface area (Å²) in [5, 5.41) is 2.97. The second-order valence-electron chi connectivity index (χ2n) is 4.02. The molecule has 0 saturated heterocycles. The third-order valence-electron chi connectivity index (χ3n) is 2.58. The van der Waals surface area contributed by atoms with Crippen LogP contribution < -0.4 is 16.6 Å². The number of rotatable bonds is 2. The van der Waals surface area contributed by atoms with Crippen molar-refractivity contribution in [3.63, 3.8) is 0 Å². The SMILES string of the molecule is Cc1ccc(Nc2nc(Br)cn(C)c2=O)cc1N. The summed E-state index contributed by atoms with van der Waals surface area (Å²) in [6.07, 6.45) is 1.61. The molecular formula is C12H13BrN4O. The Kier molecular flexibility index (Phi) is 3.38. The van der Waals surface area contributed by atoms with Gasteiger partial charge in [-0.2, -0.15) is 0 Å². The predicted molar refractivity (Wildman–Crippen MR) is 76.1 cm³/mol.